The lowest BCUT2D eigenvalue weighted by Crippen LogP contribution is -2.48. The van der Waals surface area contributed by atoms with Gasteiger partial charge in [0.1, 0.15) is 12.1 Å². The predicted molar refractivity (Wildman–Crippen MR) is 93.0 cm³/mol. The topological polar surface area (TPSA) is 79.8 Å². The SMILES string of the molecule is N#Cc1nccnc1N1CCN(C(C#N)c2ccc(Br)cc2)CC1. The van der Waals surface area contributed by atoms with E-state index in [1.54, 1.807) is 6.20 Å². The fraction of sp³-hybridized carbons (Fsp3) is 0.294. The highest BCUT2D eigenvalue weighted by Crippen LogP contribution is 2.25. The first-order valence-corrected chi connectivity index (χ1v) is 8.37. The number of halogens is 1. The molecule has 1 fully saturated rings. The van der Waals surface area contributed by atoms with E-state index < -0.39 is 0 Å². The van der Waals surface area contributed by atoms with Gasteiger partial charge >= 0.3 is 0 Å². The maximum Gasteiger partial charge on any atom is 0.183 e. The molecule has 1 unspecified atom stereocenters. The minimum atomic E-state index is -0.266. The summed E-state index contributed by atoms with van der Waals surface area (Å²) in [4.78, 5) is 12.6. The molecule has 2 aromatic rings. The third-order valence-electron chi connectivity index (χ3n) is 4.07. The molecule has 0 spiro atoms. The zero-order valence-corrected chi connectivity index (χ0v) is 14.5. The molecule has 0 amide bonds. The predicted octanol–water partition coefficient (Wildman–Crippen LogP) is 2.50. The molecule has 1 atom stereocenters. The summed E-state index contributed by atoms with van der Waals surface area (Å²) in [5.74, 6) is 0.622. The van der Waals surface area contributed by atoms with Crippen molar-refractivity contribution in [2.45, 2.75) is 6.04 Å². The lowest BCUT2D eigenvalue weighted by Gasteiger charge is -2.37. The summed E-state index contributed by atoms with van der Waals surface area (Å²) in [5, 5.41) is 18.7. The van der Waals surface area contributed by atoms with Crippen molar-refractivity contribution in [1.82, 2.24) is 14.9 Å². The lowest BCUT2D eigenvalue weighted by atomic mass is 10.1. The van der Waals surface area contributed by atoms with Crippen molar-refractivity contribution >= 4 is 21.7 Å². The van der Waals surface area contributed by atoms with Gasteiger partial charge in [0, 0.05) is 43.0 Å². The van der Waals surface area contributed by atoms with Crippen LogP contribution in [0.15, 0.2) is 41.1 Å². The van der Waals surface area contributed by atoms with Crippen LogP contribution in [0, 0.1) is 22.7 Å². The Bertz CT molecular complexity index is 784. The van der Waals surface area contributed by atoms with Crippen molar-refractivity contribution in [3.63, 3.8) is 0 Å². The van der Waals surface area contributed by atoms with E-state index in [9.17, 15) is 5.26 Å². The Labute approximate surface area is 149 Å². The van der Waals surface area contributed by atoms with E-state index in [1.165, 1.54) is 6.20 Å². The van der Waals surface area contributed by atoms with E-state index in [1.807, 2.05) is 24.3 Å². The summed E-state index contributed by atoms with van der Waals surface area (Å²) in [6.07, 6.45) is 3.13. The van der Waals surface area contributed by atoms with Crippen LogP contribution in [-0.2, 0) is 0 Å². The highest BCUT2D eigenvalue weighted by atomic mass is 79.9. The molecule has 6 nitrogen and oxygen atoms in total. The Morgan fingerprint density at radius 3 is 2.29 bits per heavy atom. The molecule has 1 aromatic heterocycles. The second-order valence-electron chi connectivity index (χ2n) is 5.45. The zero-order valence-electron chi connectivity index (χ0n) is 12.9. The molecule has 1 saturated heterocycles. The molecule has 0 aliphatic carbocycles. The van der Waals surface area contributed by atoms with Gasteiger partial charge in [0.15, 0.2) is 11.5 Å². The summed E-state index contributed by atoms with van der Waals surface area (Å²) >= 11 is 3.42. The van der Waals surface area contributed by atoms with Crippen LogP contribution in [-0.4, -0.2) is 41.0 Å². The summed E-state index contributed by atoms with van der Waals surface area (Å²) in [6, 6.07) is 12.1. The number of nitriles is 2. The Hall–Kier alpha value is -2.48. The molecule has 0 radical (unpaired) electrons. The largest absolute Gasteiger partial charge is 0.352 e. The van der Waals surface area contributed by atoms with Crippen molar-refractivity contribution in [2.24, 2.45) is 0 Å². The number of aromatic nitrogens is 2. The van der Waals surface area contributed by atoms with Crippen molar-refractivity contribution in [2.75, 3.05) is 31.1 Å². The average molecular weight is 383 g/mol. The van der Waals surface area contributed by atoms with E-state index in [2.05, 4.69) is 47.8 Å². The monoisotopic (exact) mass is 382 g/mol. The van der Waals surface area contributed by atoms with Crippen LogP contribution in [0.2, 0.25) is 0 Å². The first kappa shape index (κ1) is 16.4. The second kappa shape index (κ2) is 7.39. The number of nitrogens with zero attached hydrogens (tertiary/aromatic N) is 6. The van der Waals surface area contributed by atoms with Crippen molar-refractivity contribution in [1.29, 1.82) is 10.5 Å². The summed E-state index contributed by atoms with van der Waals surface area (Å²) < 4.78 is 0.999. The first-order chi connectivity index (χ1) is 11.7. The summed E-state index contributed by atoms with van der Waals surface area (Å²) in [6.45, 7) is 2.88. The molecule has 24 heavy (non-hydrogen) atoms. The summed E-state index contributed by atoms with van der Waals surface area (Å²) in [5.41, 5.74) is 1.34. The number of rotatable bonds is 3. The molecule has 3 rings (SSSR count). The maximum atomic E-state index is 9.58. The van der Waals surface area contributed by atoms with Crippen LogP contribution >= 0.6 is 15.9 Å². The zero-order chi connectivity index (χ0) is 16.9. The van der Waals surface area contributed by atoms with Crippen LogP contribution < -0.4 is 4.90 Å². The van der Waals surface area contributed by atoms with Gasteiger partial charge in [-0.25, -0.2) is 9.97 Å². The Morgan fingerprint density at radius 1 is 1.00 bits per heavy atom. The van der Waals surface area contributed by atoms with E-state index in [-0.39, 0.29) is 6.04 Å². The minimum Gasteiger partial charge on any atom is -0.352 e. The summed E-state index contributed by atoms with van der Waals surface area (Å²) in [7, 11) is 0. The van der Waals surface area contributed by atoms with Gasteiger partial charge < -0.3 is 4.90 Å². The van der Waals surface area contributed by atoms with Gasteiger partial charge in [-0.15, -0.1) is 0 Å². The quantitative estimate of drug-likeness (QED) is 0.810. The highest BCUT2D eigenvalue weighted by molar-refractivity contribution is 9.10. The van der Waals surface area contributed by atoms with Crippen molar-refractivity contribution in [3.05, 3.63) is 52.4 Å². The normalized spacial score (nSPS) is 16.2. The van der Waals surface area contributed by atoms with Crippen LogP contribution in [0.3, 0.4) is 0 Å². The fourth-order valence-electron chi connectivity index (χ4n) is 2.84. The number of benzene rings is 1. The van der Waals surface area contributed by atoms with E-state index in [0.717, 1.165) is 23.1 Å². The third-order valence-corrected chi connectivity index (χ3v) is 4.60. The van der Waals surface area contributed by atoms with Crippen molar-refractivity contribution in [3.8, 4) is 12.1 Å². The molecule has 1 aliphatic heterocycles. The van der Waals surface area contributed by atoms with Gasteiger partial charge in [-0.1, -0.05) is 28.1 Å². The standard InChI is InChI=1S/C17H15BrN6/c18-14-3-1-13(2-4-14)16(12-20)23-7-9-24(10-8-23)17-15(11-19)21-5-6-22-17/h1-6,16H,7-10H2. The smallest absolute Gasteiger partial charge is 0.183 e. The van der Waals surface area contributed by atoms with Gasteiger partial charge in [0.2, 0.25) is 0 Å². The Kier molecular flexibility index (Phi) is 5.05. The van der Waals surface area contributed by atoms with Gasteiger partial charge in [-0.3, -0.25) is 4.90 Å². The average Bonchev–Trinajstić information content (AvgIpc) is 2.64. The highest BCUT2D eigenvalue weighted by Gasteiger charge is 2.26. The van der Waals surface area contributed by atoms with Crippen LogP contribution in [0.5, 0.6) is 0 Å². The Morgan fingerprint density at radius 2 is 1.67 bits per heavy atom. The van der Waals surface area contributed by atoms with E-state index in [4.69, 9.17) is 5.26 Å². The molecular weight excluding hydrogens is 368 g/mol. The number of hydrogen-bond acceptors (Lipinski definition) is 6. The Balaban J connectivity index is 1.71. The molecule has 120 valence electrons. The maximum absolute atomic E-state index is 9.58. The third kappa shape index (κ3) is 3.38. The second-order valence-corrected chi connectivity index (χ2v) is 6.36. The molecule has 2 heterocycles. The lowest BCUT2D eigenvalue weighted by molar-refractivity contribution is 0.221. The number of hydrogen-bond donors (Lipinski definition) is 0. The molecular formula is C17H15BrN6. The van der Waals surface area contributed by atoms with Gasteiger partial charge in [0.05, 0.1) is 6.07 Å². The molecule has 0 saturated carbocycles. The van der Waals surface area contributed by atoms with Crippen LogP contribution in [0.25, 0.3) is 0 Å². The minimum absolute atomic E-state index is 0.266. The van der Waals surface area contributed by atoms with Gasteiger partial charge in [-0.05, 0) is 17.7 Å². The molecule has 0 bridgehead atoms. The van der Waals surface area contributed by atoms with Crippen LogP contribution in [0.1, 0.15) is 17.3 Å². The van der Waals surface area contributed by atoms with Gasteiger partial charge in [0.25, 0.3) is 0 Å². The molecule has 7 heteroatoms. The fourth-order valence-corrected chi connectivity index (χ4v) is 3.11. The van der Waals surface area contributed by atoms with Gasteiger partial charge in [-0.2, -0.15) is 10.5 Å². The molecule has 1 aliphatic rings. The molecule has 1 aromatic carbocycles. The van der Waals surface area contributed by atoms with Crippen molar-refractivity contribution < 1.29 is 0 Å². The first-order valence-electron chi connectivity index (χ1n) is 7.58. The van der Waals surface area contributed by atoms with Crippen LogP contribution in [0.4, 0.5) is 5.82 Å². The molecule has 0 N–H and O–H groups in total. The van der Waals surface area contributed by atoms with E-state index in [0.29, 0.717) is 24.6 Å². The van der Waals surface area contributed by atoms with E-state index >= 15 is 0 Å². The number of piperazine rings is 1. The number of anilines is 1.